The number of carbonyl (C=O) groups is 5. The fourth-order valence-corrected chi connectivity index (χ4v) is 4.36. The van der Waals surface area contributed by atoms with Crippen molar-refractivity contribution in [2.75, 3.05) is 53.5 Å². The molecule has 3 atom stereocenters. The van der Waals surface area contributed by atoms with Crippen molar-refractivity contribution in [3.63, 3.8) is 0 Å². The van der Waals surface area contributed by atoms with Gasteiger partial charge in [0.15, 0.2) is 6.29 Å². The van der Waals surface area contributed by atoms with Crippen molar-refractivity contribution >= 4 is 29.5 Å². The van der Waals surface area contributed by atoms with E-state index in [-0.39, 0.29) is 61.7 Å². The first-order valence-electron chi connectivity index (χ1n) is 16.0. The summed E-state index contributed by atoms with van der Waals surface area (Å²) >= 11 is 0. The third kappa shape index (κ3) is 17.5. The van der Waals surface area contributed by atoms with Crippen LogP contribution in [0, 0.1) is 5.92 Å². The first kappa shape index (κ1) is 39.5. The summed E-state index contributed by atoms with van der Waals surface area (Å²) in [7, 11) is 3.37. The minimum atomic E-state index is -0.798. The van der Waals surface area contributed by atoms with Crippen LogP contribution >= 0.6 is 0 Å². The van der Waals surface area contributed by atoms with Gasteiger partial charge in [-0.05, 0) is 58.2 Å². The van der Waals surface area contributed by atoms with Gasteiger partial charge in [-0.1, -0.05) is 19.9 Å². The van der Waals surface area contributed by atoms with E-state index in [1.165, 1.54) is 7.05 Å². The van der Waals surface area contributed by atoms with E-state index in [9.17, 15) is 29.1 Å². The van der Waals surface area contributed by atoms with Crippen LogP contribution in [0.2, 0.25) is 0 Å². The van der Waals surface area contributed by atoms with E-state index in [2.05, 4.69) is 31.9 Å². The number of rotatable bonds is 24. The fraction of sp³-hybridized carbons (Fsp3) is 0.710. The Morgan fingerprint density at radius 2 is 1.67 bits per heavy atom. The number of ether oxygens (including phenoxy) is 2. The molecule has 1 aliphatic carbocycles. The third-order valence-electron chi connectivity index (χ3n) is 6.99. The lowest BCUT2D eigenvalue weighted by Gasteiger charge is -2.21. The predicted molar refractivity (Wildman–Crippen MR) is 169 cm³/mol. The lowest BCUT2D eigenvalue weighted by molar-refractivity contribution is -0.129. The first-order valence-corrected chi connectivity index (χ1v) is 16.0. The molecule has 0 radical (unpaired) electrons. The molecule has 0 saturated heterocycles. The Labute approximate surface area is 266 Å². The topological polar surface area (TPSA) is 196 Å². The Morgan fingerprint density at radius 3 is 2.36 bits per heavy atom. The van der Waals surface area contributed by atoms with Gasteiger partial charge in [-0.25, -0.2) is 0 Å². The molecule has 7 N–H and O–H groups in total. The smallest absolute Gasteiger partial charge is 0.251 e. The average molecular weight is 639 g/mol. The number of carbonyl (C=O) groups excluding carboxylic acids is 5. The molecular weight excluding hydrogens is 584 g/mol. The number of unbranched alkanes of at least 4 members (excludes halogenated alkanes) is 2. The summed E-state index contributed by atoms with van der Waals surface area (Å²) in [6.07, 6.45) is 6.98. The lowest BCUT2D eigenvalue weighted by Crippen LogP contribution is -2.48. The quantitative estimate of drug-likeness (QED) is 0.0568. The Morgan fingerprint density at radius 1 is 0.911 bits per heavy atom. The maximum absolute atomic E-state index is 12.9. The standard InChI is InChI=1S/C31H54N6O8/c1-5-26(38)34-16-18-44-24-20-22(29(41)33-4)19-23(21-24)30(42)35-14-15-36-31(43)25(11-7-9-13-32-3)37-27(39)12-8-10-17-45-28(40)6-2/h19,21-22,25,28,32,40H,5-18,20H2,1-4H3,(H,33,41)(H,34,38)(H,35,42)(H,36,43)(H,37,39)/t22?,25-,28?/m0/s1. The Kier molecular flexibility index (Phi) is 20.9. The molecule has 0 fully saturated rings. The van der Waals surface area contributed by atoms with Gasteiger partial charge in [-0.3, -0.25) is 24.0 Å². The SMILES string of the molecule is CCC(=O)NCCOC1=CC(C(=O)NCCNC(=O)[C@H](CCCCNC)NC(=O)CCCCOC(O)CC)=CC(C(=O)NC)C1. The number of amides is 5. The molecule has 14 nitrogen and oxygen atoms in total. The summed E-state index contributed by atoms with van der Waals surface area (Å²) < 4.78 is 10.9. The fourth-order valence-electron chi connectivity index (χ4n) is 4.36. The van der Waals surface area contributed by atoms with Gasteiger partial charge in [0.1, 0.15) is 12.6 Å². The van der Waals surface area contributed by atoms with E-state index >= 15 is 0 Å². The summed E-state index contributed by atoms with van der Waals surface area (Å²) in [4.78, 5) is 62.2. The van der Waals surface area contributed by atoms with E-state index in [4.69, 9.17) is 9.47 Å². The molecule has 0 aliphatic heterocycles. The molecule has 0 saturated carbocycles. The molecule has 0 aromatic carbocycles. The summed E-state index contributed by atoms with van der Waals surface area (Å²) in [6.45, 7) is 5.48. The molecule has 0 bridgehead atoms. The van der Waals surface area contributed by atoms with Crippen molar-refractivity contribution in [2.45, 2.75) is 84.0 Å². The zero-order valence-electron chi connectivity index (χ0n) is 27.3. The van der Waals surface area contributed by atoms with Crippen LogP contribution in [0.3, 0.4) is 0 Å². The predicted octanol–water partition coefficient (Wildman–Crippen LogP) is 0.128. The maximum atomic E-state index is 12.9. The molecule has 0 spiro atoms. The second kappa shape index (κ2) is 23.8. The van der Waals surface area contributed by atoms with Crippen molar-refractivity contribution in [3.05, 3.63) is 23.5 Å². The van der Waals surface area contributed by atoms with Gasteiger partial charge in [0.25, 0.3) is 5.91 Å². The molecule has 256 valence electrons. The van der Waals surface area contributed by atoms with Gasteiger partial charge in [0, 0.05) is 51.6 Å². The van der Waals surface area contributed by atoms with Gasteiger partial charge < -0.3 is 46.5 Å². The van der Waals surface area contributed by atoms with Crippen LogP contribution in [0.15, 0.2) is 23.5 Å². The van der Waals surface area contributed by atoms with Gasteiger partial charge in [0.05, 0.1) is 18.2 Å². The Balaban J connectivity index is 2.63. The molecular formula is C31H54N6O8. The molecule has 0 aromatic rings. The van der Waals surface area contributed by atoms with Crippen LogP contribution in [0.1, 0.15) is 71.6 Å². The van der Waals surface area contributed by atoms with Gasteiger partial charge in [-0.15, -0.1) is 0 Å². The highest BCUT2D eigenvalue weighted by Gasteiger charge is 2.25. The highest BCUT2D eigenvalue weighted by molar-refractivity contribution is 5.98. The van der Waals surface area contributed by atoms with Crippen LogP contribution in [0.5, 0.6) is 0 Å². The van der Waals surface area contributed by atoms with Crippen molar-refractivity contribution < 1.29 is 38.6 Å². The van der Waals surface area contributed by atoms with Crippen molar-refractivity contribution in [3.8, 4) is 0 Å². The van der Waals surface area contributed by atoms with Crippen LogP contribution in [0.4, 0.5) is 0 Å². The summed E-state index contributed by atoms with van der Waals surface area (Å²) in [5.41, 5.74) is 0.262. The number of aliphatic hydroxyl groups excluding tert-OH is 1. The third-order valence-corrected chi connectivity index (χ3v) is 6.99. The lowest BCUT2D eigenvalue weighted by atomic mass is 9.93. The summed E-state index contributed by atoms with van der Waals surface area (Å²) in [5.74, 6) is -1.49. The minimum absolute atomic E-state index is 0.0973. The van der Waals surface area contributed by atoms with Crippen LogP contribution in [-0.2, 0) is 33.4 Å². The van der Waals surface area contributed by atoms with E-state index in [1.54, 1.807) is 19.1 Å². The number of hydrogen-bond acceptors (Lipinski definition) is 9. The van der Waals surface area contributed by atoms with E-state index in [0.29, 0.717) is 51.0 Å². The van der Waals surface area contributed by atoms with Crippen molar-refractivity contribution in [1.82, 2.24) is 31.9 Å². The molecule has 0 aromatic heterocycles. The number of aliphatic hydroxyl groups is 1. The van der Waals surface area contributed by atoms with E-state index in [0.717, 1.165) is 19.4 Å². The van der Waals surface area contributed by atoms with Crippen molar-refractivity contribution in [1.29, 1.82) is 0 Å². The van der Waals surface area contributed by atoms with E-state index in [1.807, 2.05) is 14.0 Å². The second-order valence-electron chi connectivity index (χ2n) is 10.7. The second-order valence-corrected chi connectivity index (χ2v) is 10.7. The Hall–Kier alpha value is -3.49. The number of nitrogens with one attached hydrogen (secondary N) is 6. The first-order chi connectivity index (χ1) is 21.6. The highest BCUT2D eigenvalue weighted by Crippen LogP contribution is 2.24. The Bertz CT molecular complexity index is 1000. The molecule has 1 aliphatic rings. The van der Waals surface area contributed by atoms with Gasteiger partial charge >= 0.3 is 0 Å². The summed E-state index contributed by atoms with van der Waals surface area (Å²) in [5, 5.41) is 26.2. The van der Waals surface area contributed by atoms with E-state index < -0.39 is 24.2 Å². The number of allylic oxidation sites excluding steroid dienone is 1. The number of hydrogen-bond donors (Lipinski definition) is 7. The minimum Gasteiger partial charge on any atom is -0.496 e. The molecule has 5 amide bonds. The van der Waals surface area contributed by atoms with Gasteiger partial charge in [0.2, 0.25) is 23.6 Å². The largest absolute Gasteiger partial charge is 0.496 e. The maximum Gasteiger partial charge on any atom is 0.251 e. The molecule has 0 heterocycles. The monoisotopic (exact) mass is 638 g/mol. The molecule has 1 rings (SSSR count). The molecule has 45 heavy (non-hydrogen) atoms. The van der Waals surface area contributed by atoms with Crippen LogP contribution in [-0.4, -0.2) is 100 Å². The van der Waals surface area contributed by atoms with Crippen LogP contribution in [0.25, 0.3) is 0 Å². The summed E-state index contributed by atoms with van der Waals surface area (Å²) in [6, 6.07) is -0.706. The van der Waals surface area contributed by atoms with Crippen molar-refractivity contribution in [2.24, 2.45) is 5.92 Å². The highest BCUT2D eigenvalue weighted by atomic mass is 16.6. The van der Waals surface area contributed by atoms with Gasteiger partial charge in [-0.2, -0.15) is 0 Å². The molecule has 2 unspecified atom stereocenters. The normalized spacial score (nSPS) is 15.5. The average Bonchev–Trinajstić information content (AvgIpc) is 3.05. The zero-order valence-corrected chi connectivity index (χ0v) is 27.3. The molecule has 14 heteroatoms. The van der Waals surface area contributed by atoms with Crippen LogP contribution < -0.4 is 31.9 Å². The zero-order chi connectivity index (χ0) is 33.5.